The van der Waals surface area contributed by atoms with E-state index in [0.717, 1.165) is 23.7 Å². The molecule has 9 fully saturated rings. The van der Waals surface area contributed by atoms with E-state index in [1.807, 2.05) is 24.3 Å². The Labute approximate surface area is 204 Å². The Morgan fingerprint density at radius 1 is 0.636 bits per heavy atom. The maximum absolute atomic E-state index is 11.6. The van der Waals surface area contributed by atoms with Crippen LogP contribution in [-0.4, -0.2) is 10.5 Å². The molecule has 2 aromatic carbocycles. The third kappa shape index (κ3) is 2.08. The standard InChI is InChI=1S/C29H26Cl2O2/c30-24(32)16-1-5-18(6-2-16)26-10-21-20-9-27(19-7-3-17(4-8-19)25(31)33)13-28(21)15-29(14-27,22(20)11-26)23(28)12-26/h1-8,20-23H,9-15H2/t20?,21-,22+,23?,26?,27?,28?,29?. The lowest BCUT2D eigenvalue weighted by Gasteiger charge is -2.91. The molecule has 9 aliphatic rings. The number of hydrogen-bond acceptors (Lipinski definition) is 2. The number of rotatable bonds is 4. The minimum Gasteiger partial charge on any atom is -0.276 e. The number of carbonyl (C=O) groups excluding carboxylic acids is 2. The fourth-order valence-electron chi connectivity index (χ4n) is 11.2. The normalized spacial score (nSPS) is 47.0. The summed E-state index contributed by atoms with van der Waals surface area (Å²) in [5.41, 5.74) is 5.79. The topological polar surface area (TPSA) is 34.1 Å². The molecule has 0 amide bonds. The van der Waals surface area contributed by atoms with Crippen molar-refractivity contribution in [3.63, 3.8) is 0 Å². The van der Waals surface area contributed by atoms with Crippen LogP contribution in [0.15, 0.2) is 48.5 Å². The molecular weight excluding hydrogens is 451 g/mol. The summed E-state index contributed by atoms with van der Waals surface area (Å²) in [5.74, 6) is 3.42. The van der Waals surface area contributed by atoms with Gasteiger partial charge in [0.05, 0.1) is 0 Å². The summed E-state index contributed by atoms with van der Waals surface area (Å²) < 4.78 is 0. The predicted molar refractivity (Wildman–Crippen MR) is 128 cm³/mol. The van der Waals surface area contributed by atoms with Crippen LogP contribution >= 0.6 is 23.2 Å². The second kappa shape index (κ2) is 5.77. The van der Waals surface area contributed by atoms with E-state index in [4.69, 9.17) is 23.2 Å². The predicted octanol–water partition coefficient (Wildman–Crippen LogP) is 6.87. The second-order valence-electron chi connectivity index (χ2n) is 12.5. The van der Waals surface area contributed by atoms with Crippen LogP contribution in [0.2, 0.25) is 0 Å². The smallest absolute Gasteiger partial charge is 0.252 e. The fraction of sp³-hybridized carbons (Fsp3) is 0.517. The van der Waals surface area contributed by atoms with Gasteiger partial charge in [0.2, 0.25) is 0 Å². The van der Waals surface area contributed by atoms with Crippen LogP contribution in [0.25, 0.3) is 0 Å². The SMILES string of the molecule is O=C(Cl)c1ccc(C23CC4C56CC7(c8ccc(C(=O)Cl)cc8)CC([C@H]5C2)[C@H](C3)C4(C7)C6)cc1. The summed E-state index contributed by atoms with van der Waals surface area (Å²) in [6, 6.07) is 16.6. The Kier molecular flexibility index (Phi) is 3.43. The Morgan fingerprint density at radius 3 is 1.61 bits per heavy atom. The molecule has 0 saturated heterocycles. The highest BCUT2D eigenvalue weighted by atomic mass is 35.5. The van der Waals surface area contributed by atoms with Crippen molar-refractivity contribution >= 4 is 33.7 Å². The van der Waals surface area contributed by atoms with Gasteiger partial charge in [-0.1, -0.05) is 24.3 Å². The zero-order valence-electron chi connectivity index (χ0n) is 18.5. The molecule has 2 spiro atoms. The molecule has 2 aromatic rings. The van der Waals surface area contributed by atoms with E-state index in [-0.39, 0.29) is 10.5 Å². The molecule has 9 saturated carbocycles. The van der Waals surface area contributed by atoms with E-state index in [1.165, 1.54) is 56.1 Å². The lowest BCUT2D eigenvalue weighted by atomic mass is 9.13. The Hall–Kier alpha value is -1.64. The average Bonchev–Trinajstić information content (AvgIpc) is 2.81. The molecule has 11 rings (SSSR count). The van der Waals surface area contributed by atoms with E-state index >= 15 is 0 Å². The first kappa shape index (κ1) is 19.6. The van der Waals surface area contributed by atoms with Gasteiger partial charge in [0.15, 0.2) is 0 Å². The van der Waals surface area contributed by atoms with Gasteiger partial charge >= 0.3 is 0 Å². The molecule has 4 heteroatoms. The first-order chi connectivity index (χ1) is 15.8. The van der Waals surface area contributed by atoms with Crippen molar-refractivity contribution in [2.24, 2.45) is 34.5 Å². The highest BCUT2D eigenvalue weighted by Crippen LogP contribution is 2.93. The van der Waals surface area contributed by atoms with Crippen molar-refractivity contribution in [2.75, 3.05) is 0 Å². The van der Waals surface area contributed by atoms with Crippen LogP contribution in [-0.2, 0) is 10.8 Å². The molecular formula is C29H26Cl2O2. The van der Waals surface area contributed by atoms with Crippen molar-refractivity contribution in [1.29, 1.82) is 0 Å². The summed E-state index contributed by atoms with van der Waals surface area (Å²) in [5, 5.41) is -0.731. The quantitative estimate of drug-likeness (QED) is 0.451. The Morgan fingerprint density at radius 2 is 1.12 bits per heavy atom. The zero-order chi connectivity index (χ0) is 22.4. The second-order valence-corrected chi connectivity index (χ2v) is 13.2. The van der Waals surface area contributed by atoms with Crippen molar-refractivity contribution in [1.82, 2.24) is 0 Å². The summed E-state index contributed by atoms with van der Waals surface area (Å²) in [6.07, 6.45) is 9.44. The van der Waals surface area contributed by atoms with Crippen LogP contribution in [0.3, 0.4) is 0 Å². The summed E-state index contributed by atoms with van der Waals surface area (Å²) in [6.45, 7) is 0. The molecule has 9 aliphatic carbocycles. The number of carbonyl (C=O) groups is 2. The van der Waals surface area contributed by atoms with Crippen LogP contribution in [0.5, 0.6) is 0 Å². The molecule has 6 unspecified atom stereocenters. The Balaban J connectivity index is 1.18. The number of halogens is 2. The average molecular weight is 477 g/mol. The lowest BCUT2D eigenvalue weighted by Crippen LogP contribution is -2.85. The van der Waals surface area contributed by atoms with E-state index in [1.54, 1.807) is 0 Å². The molecule has 0 radical (unpaired) electrons. The van der Waals surface area contributed by atoms with Gasteiger partial charge in [-0.05, 0) is 149 Å². The van der Waals surface area contributed by atoms with E-state index < -0.39 is 0 Å². The van der Waals surface area contributed by atoms with Crippen LogP contribution in [0.1, 0.15) is 76.8 Å². The van der Waals surface area contributed by atoms with Gasteiger partial charge in [-0.25, -0.2) is 0 Å². The minimum atomic E-state index is -0.366. The molecule has 0 N–H and O–H groups in total. The van der Waals surface area contributed by atoms with Crippen LogP contribution in [0, 0.1) is 34.5 Å². The third-order valence-corrected chi connectivity index (χ3v) is 12.2. The zero-order valence-corrected chi connectivity index (χ0v) is 20.0. The van der Waals surface area contributed by atoms with E-state index in [9.17, 15) is 9.59 Å². The van der Waals surface area contributed by atoms with Crippen molar-refractivity contribution < 1.29 is 9.59 Å². The Bertz CT molecular complexity index is 1200. The summed E-state index contributed by atoms with van der Waals surface area (Å²) in [7, 11) is 0. The van der Waals surface area contributed by atoms with Gasteiger partial charge < -0.3 is 0 Å². The summed E-state index contributed by atoms with van der Waals surface area (Å²) in [4.78, 5) is 23.2. The van der Waals surface area contributed by atoms with Crippen LogP contribution in [0.4, 0.5) is 0 Å². The van der Waals surface area contributed by atoms with E-state index in [0.29, 0.717) is 32.8 Å². The molecule has 0 aliphatic heterocycles. The monoisotopic (exact) mass is 476 g/mol. The first-order valence-electron chi connectivity index (χ1n) is 12.4. The molecule has 8 bridgehead atoms. The van der Waals surface area contributed by atoms with Crippen molar-refractivity contribution in [3.8, 4) is 0 Å². The third-order valence-electron chi connectivity index (χ3n) is 11.8. The fourth-order valence-corrected chi connectivity index (χ4v) is 11.5. The van der Waals surface area contributed by atoms with Gasteiger partial charge in [-0.3, -0.25) is 9.59 Å². The van der Waals surface area contributed by atoms with Crippen LogP contribution < -0.4 is 0 Å². The summed E-state index contributed by atoms with van der Waals surface area (Å²) >= 11 is 11.4. The van der Waals surface area contributed by atoms with Gasteiger partial charge in [0.25, 0.3) is 10.5 Å². The maximum atomic E-state index is 11.6. The molecule has 0 aromatic heterocycles. The molecule has 33 heavy (non-hydrogen) atoms. The largest absolute Gasteiger partial charge is 0.276 e. The van der Waals surface area contributed by atoms with Crippen molar-refractivity contribution in [3.05, 3.63) is 70.8 Å². The van der Waals surface area contributed by atoms with Crippen molar-refractivity contribution in [2.45, 2.75) is 55.8 Å². The highest BCUT2D eigenvalue weighted by Gasteiger charge is 2.86. The molecule has 168 valence electrons. The molecule has 0 heterocycles. The lowest BCUT2D eigenvalue weighted by molar-refractivity contribution is -0.398. The van der Waals surface area contributed by atoms with E-state index in [2.05, 4.69) is 24.3 Å². The highest BCUT2D eigenvalue weighted by molar-refractivity contribution is 6.68. The number of benzene rings is 2. The van der Waals surface area contributed by atoms with Gasteiger partial charge in [0, 0.05) is 11.1 Å². The van der Waals surface area contributed by atoms with Gasteiger partial charge in [-0.2, -0.15) is 0 Å². The molecule has 8 atom stereocenters. The number of hydrogen-bond donors (Lipinski definition) is 0. The first-order valence-corrected chi connectivity index (χ1v) is 13.2. The van der Waals surface area contributed by atoms with Gasteiger partial charge in [0.1, 0.15) is 0 Å². The minimum absolute atomic E-state index is 0.303. The van der Waals surface area contributed by atoms with Gasteiger partial charge in [-0.15, -0.1) is 0 Å². The maximum Gasteiger partial charge on any atom is 0.252 e. The molecule has 2 nitrogen and oxygen atoms in total.